The number of ether oxygens (including phenoxy) is 1. The first-order chi connectivity index (χ1) is 18.1. The standard InChI is InChI=1S/C29H34N2O4S2/c1-36-17-16-35-26(33)13-7-6-12-25-27-24(18-37-25)31(29(34)30-27)28-22-10-4-2-8-19(22)21(14-15-32)20-9-3-5-11-23(20)28/h2-5,8-11,24-25,27,32H,6-7,12-18H2,1H3,(H,30,34). The second-order valence-corrected chi connectivity index (χ2v) is 11.9. The first-order valence-corrected chi connectivity index (χ1v) is 15.5. The number of anilines is 1. The molecular formula is C29H34N2O4S2. The number of esters is 1. The summed E-state index contributed by atoms with van der Waals surface area (Å²) in [6.45, 7) is 0.560. The molecule has 0 aromatic heterocycles. The van der Waals surface area contributed by atoms with E-state index in [1.54, 1.807) is 11.8 Å². The number of amides is 2. The van der Waals surface area contributed by atoms with Crippen LogP contribution in [0.4, 0.5) is 10.5 Å². The molecule has 2 amide bonds. The maximum atomic E-state index is 13.5. The van der Waals surface area contributed by atoms with Crippen LogP contribution >= 0.6 is 23.5 Å². The number of nitrogens with zero attached hydrogens (tertiary/aromatic N) is 1. The van der Waals surface area contributed by atoms with E-state index in [2.05, 4.69) is 29.6 Å². The third kappa shape index (κ3) is 5.29. The van der Waals surface area contributed by atoms with Gasteiger partial charge in [-0.05, 0) is 41.9 Å². The fourth-order valence-electron chi connectivity index (χ4n) is 5.76. The Kier molecular flexibility index (Phi) is 8.47. The van der Waals surface area contributed by atoms with Gasteiger partial charge in [-0.3, -0.25) is 9.69 Å². The second kappa shape index (κ2) is 12.0. The second-order valence-electron chi connectivity index (χ2n) is 9.64. The van der Waals surface area contributed by atoms with Crippen molar-refractivity contribution >= 4 is 62.8 Å². The molecule has 5 rings (SSSR count). The zero-order valence-corrected chi connectivity index (χ0v) is 22.8. The Morgan fingerprint density at radius 3 is 2.43 bits per heavy atom. The Bertz CT molecular complexity index is 1230. The van der Waals surface area contributed by atoms with Crippen molar-refractivity contribution in [3.05, 3.63) is 54.1 Å². The molecule has 0 spiro atoms. The Hall–Kier alpha value is -2.42. The summed E-state index contributed by atoms with van der Waals surface area (Å²) in [7, 11) is 0. The highest BCUT2D eigenvalue weighted by Crippen LogP contribution is 2.45. The van der Waals surface area contributed by atoms with Crippen LogP contribution in [0.3, 0.4) is 0 Å². The van der Waals surface area contributed by atoms with Crippen molar-refractivity contribution in [3.8, 4) is 0 Å². The normalized spacial score (nSPS) is 21.0. The molecular weight excluding hydrogens is 504 g/mol. The molecule has 0 aliphatic carbocycles. The van der Waals surface area contributed by atoms with Gasteiger partial charge in [-0.2, -0.15) is 23.5 Å². The summed E-state index contributed by atoms with van der Waals surface area (Å²) in [4.78, 5) is 27.4. The topological polar surface area (TPSA) is 78.9 Å². The number of benzene rings is 3. The highest BCUT2D eigenvalue weighted by atomic mass is 32.2. The summed E-state index contributed by atoms with van der Waals surface area (Å²) in [6, 6.07) is 16.6. The fraction of sp³-hybridized carbons (Fsp3) is 0.448. The molecule has 3 aromatic rings. The maximum absolute atomic E-state index is 13.5. The van der Waals surface area contributed by atoms with Crippen LogP contribution in [0, 0.1) is 0 Å². The monoisotopic (exact) mass is 538 g/mol. The van der Waals surface area contributed by atoms with E-state index in [4.69, 9.17) is 4.74 Å². The van der Waals surface area contributed by atoms with Gasteiger partial charge in [0.25, 0.3) is 0 Å². The van der Waals surface area contributed by atoms with E-state index < -0.39 is 0 Å². The minimum absolute atomic E-state index is 0.0390. The van der Waals surface area contributed by atoms with E-state index in [9.17, 15) is 14.7 Å². The number of hydrogen-bond donors (Lipinski definition) is 2. The molecule has 2 aliphatic heterocycles. The first-order valence-electron chi connectivity index (χ1n) is 13.0. The summed E-state index contributed by atoms with van der Waals surface area (Å²) in [5.74, 6) is 1.60. The van der Waals surface area contributed by atoms with E-state index in [0.717, 1.165) is 63.6 Å². The minimum Gasteiger partial charge on any atom is -0.465 e. The number of hydrogen-bond acceptors (Lipinski definition) is 6. The molecule has 0 saturated carbocycles. The number of carbonyl (C=O) groups is 2. The van der Waals surface area contributed by atoms with Crippen molar-refractivity contribution in [3.63, 3.8) is 0 Å². The quantitative estimate of drug-likeness (QED) is 0.148. The molecule has 3 unspecified atom stereocenters. The highest BCUT2D eigenvalue weighted by Gasteiger charge is 2.49. The van der Waals surface area contributed by atoms with E-state index >= 15 is 0 Å². The van der Waals surface area contributed by atoms with Gasteiger partial charge < -0.3 is 15.2 Å². The number of rotatable bonds is 11. The van der Waals surface area contributed by atoms with E-state index in [-0.39, 0.29) is 30.7 Å². The van der Waals surface area contributed by atoms with Crippen molar-refractivity contribution in [1.82, 2.24) is 5.32 Å². The lowest BCUT2D eigenvalue weighted by atomic mass is 9.92. The first kappa shape index (κ1) is 26.2. The average Bonchev–Trinajstić information content (AvgIpc) is 3.45. The lowest BCUT2D eigenvalue weighted by Crippen LogP contribution is -2.38. The zero-order valence-electron chi connectivity index (χ0n) is 21.2. The molecule has 37 heavy (non-hydrogen) atoms. The van der Waals surface area contributed by atoms with Gasteiger partial charge in [0, 0.05) is 40.6 Å². The number of fused-ring (bicyclic) bond motifs is 3. The Morgan fingerprint density at radius 2 is 1.78 bits per heavy atom. The molecule has 3 atom stereocenters. The molecule has 0 radical (unpaired) electrons. The van der Waals surface area contributed by atoms with Gasteiger partial charge in [0.2, 0.25) is 0 Å². The largest absolute Gasteiger partial charge is 0.465 e. The number of thioether (sulfide) groups is 2. The van der Waals surface area contributed by atoms with Crippen LogP contribution in [0.5, 0.6) is 0 Å². The fourth-order valence-corrected chi connectivity index (χ4v) is 7.60. The Labute approximate surface area is 226 Å². The maximum Gasteiger partial charge on any atom is 0.322 e. The van der Waals surface area contributed by atoms with Gasteiger partial charge in [0.1, 0.15) is 6.61 Å². The van der Waals surface area contributed by atoms with Crippen LogP contribution in [-0.2, 0) is 16.0 Å². The molecule has 196 valence electrons. The SMILES string of the molecule is CSCCOC(=O)CCCCC1SCC2C1NC(=O)N2c1c2ccccc2c(CCO)c2ccccc12. The summed E-state index contributed by atoms with van der Waals surface area (Å²) in [5, 5.41) is 17.7. The smallest absolute Gasteiger partial charge is 0.322 e. The van der Waals surface area contributed by atoms with Crippen LogP contribution in [0.2, 0.25) is 0 Å². The molecule has 8 heteroatoms. The molecule has 2 aliphatic rings. The lowest BCUT2D eigenvalue weighted by Gasteiger charge is -2.26. The van der Waals surface area contributed by atoms with Crippen LogP contribution in [0.25, 0.3) is 21.5 Å². The van der Waals surface area contributed by atoms with E-state index in [0.29, 0.717) is 24.7 Å². The number of carbonyl (C=O) groups excluding carboxylic acids is 2. The average molecular weight is 539 g/mol. The summed E-state index contributed by atoms with van der Waals surface area (Å²) in [5.41, 5.74) is 2.09. The third-order valence-electron chi connectivity index (χ3n) is 7.42. The predicted molar refractivity (Wildman–Crippen MR) is 155 cm³/mol. The van der Waals surface area contributed by atoms with Crippen molar-refractivity contribution in [2.24, 2.45) is 0 Å². The Morgan fingerprint density at radius 1 is 1.11 bits per heavy atom. The molecule has 3 aromatic carbocycles. The molecule has 2 saturated heterocycles. The number of aliphatic hydroxyl groups excluding tert-OH is 1. The van der Waals surface area contributed by atoms with Crippen molar-refractivity contribution in [2.45, 2.75) is 49.4 Å². The van der Waals surface area contributed by atoms with Crippen molar-refractivity contribution < 1.29 is 19.4 Å². The summed E-state index contributed by atoms with van der Waals surface area (Å²) in [6.07, 6.45) is 5.75. The van der Waals surface area contributed by atoms with E-state index in [1.807, 2.05) is 47.2 Å². The number of aliphatic hydroxyl groups is 1. The van der Waals surface area contributed by atoms with Crippen LogP contribution in [0.15, 0.2) is 48.5 Å². The molecule has 2 heterocycles. The number of unbranched alkanes of at least 4 members (excludes halogenated alkanes) is 1. The van der Waals surface area contributed by atoms with Crippen molar-refractivity contribution in [2.75, 3.05) is 35.9 Å². The van der Waals surface area contributed by atoms with Gasteiger partial charge >= 0.3 is 12.0 Å². The van der Waals surface area contributed by atoms with Gasteiger partial charge in [0.15, 0.2) is 0 Å². The van der Waals surface area contributed by atoms with Crippen LogP contribution < -0.4 is 10.2 Å². The van der Waals surface area contributed by atoms with Gasteiger partial charge in [-0.15, -0.1) is 0 Å². The number of nitrogens with one attached hydrogen (secondary N) is 1. The highest BCUT2D eigenvalue weighted by molar-refractivity contribution is 8.00. The third-order valence-corrected chi connectivity index (χ3v) is 9.49. The van der Waals surface area contributed by atoms with Gasteiger partial charge in [-0.25, -0.2) is 4.79 Å². The van der Waals surface area contributed by atoms with Crippen LogP contribution in [0.1, 0.15) is 31.2 Å². The number of urea groups is 1. The minimum atomic E-state index is -0.116. The Balaban J connectivity index is 1.36. The van der Waals surface area contributed by atoms with Gasteiger partial charge in [-0.1, -0.05) is 55.0 Å². The van der Waals surface area contributed by atoms with Crippen molar-refractivity contribution in [1.29, 1.82) is 0 Å². The summed E-state index contributed by atoms with van der Waals surface area (Å²) < 4.78 is 5.25. The summed E-state index contributed by atoms with van der Waals surface area (Å²) >= 11 is 3.60. The molecule has 2 fully saturated rings. The van der Waals surface area contributed by atoms with Gasteiger partial charge in [0.05, 0.1) is 17.8 Å². The van der Waals surface area contributed by atoms with E-state index in [1.165, 1.54) is 0 Å². The molecule has 6 nitrogen and oxygen atoms in total. The molecule has 0 bridgehead atoms. The predicted octanol–water partition coefficient (Wildman–Crippen LogP) is 5.38. The molecule has 2 N–H and O–H groups in total. The lowest BCUT2D eigenvalue weighted by molar-refractivity contribution is -0.143. The van der Waals surface area contributed by atoms with Crippen LogP contribution in [-0.4, -0.2) is 65.4 Å². The zero-order chi connectivity index (χ0) is 25.8.